The summed E-state index contributed by atoms with van der Waals surface area (Å²) >= 11 is 0. The number of hydrogen-bond donors (Lipinski definition) is 2. The van der Waals surface area contributed by atoms with Gasteiger partial charge in [-0.3, -0.25) is 14.5 Å². The maximum atomic E-state index is 13.2. The van der Waals surface area contributed by atoms with Crippen LogP contribution in [0.2, 0.25) is 0 Å². The molecular weight excluding hydrogens is 420 g/mol. The molecular formula is C24H32N6O3. The third-order valence-corrected chi connectivity index (χ3v) is 6.94. The number of carbonyl (C=O) groups is 2. The van der Waals surface area contributed by atoms with Crippen LogP contribution in [0.5, 0.6) is 0 Å². The molecule has 4 heterocycles. The molecule has 1 aromatic heterocycles. The van der Waals surface area contributed by atoms with Gasteiger partial charge in [-0.05, 0) is 24.5 Å². The molecule has 2 saturated heterocycles. The minimum absolute atomic E-state index is 0.00148. The highest BCUT2D eigenvalue weighted by Crippen LogP contribution is 2.25. The third kappa shape index (κ3) is 4.52. The Hall–Kier alpha value is -2.78. The van der Waals surface area contributed by atoms with Gasteiger partial charge >= 0.3 is 0 Å². The standard InChI is InChI=1S/C24H32N6O3/c1-15(2)21-23(31)25-11-17-12-30(24(32)16-7-10-33-14-16)9-8-29(17)13-20-26-19-6-4-3-5-18(19)22(27-20)28-21/h3-6,15-17,21H,7-14H2,1-2H3,(H,25,31)(H,26,27,28)/t16?,17?,21-/m0/s1. The summed E-state index contributed by atoms with van der Waals surface area (Å²) in [5, 5.41) is 7.44. The van der Waals surface area contributed by atoms with Gasteiger partial charge in [-0.2, -0.15) is 0 Å². The summed E-state index contributed by atoms with van der Waals surface area (Å²) in [6.45, 7) is 8.22. The summed E-state index contributed by atoms with van der Waals surface area (Å²) in [7, 11) is 0. The largest absolute Gasteiger partial charge is 0.381 e. The second-order valence-electron chi connectivity index (χ2n) is 9.59. The number of nitrogens with zero attached hydrogens (tertiary/aromatic N) is 4. The van der Waals surface area contributed by atoms with Crippen LogP contribution in [0.1, 0.15) is 26.1 Å². The van der Waals surface area contributed by atoms with Gasteiger partial charge in [0.2, 0.25) is 11.8 Å². The van der Waals surface area contributed by atoms with E-state index in [0.29, 0.717) is 51.8 Å². The Labute approximate surface area is 193 Å². The van der Waals surface area contributed by atoms with E-state index >= 15 is 0 Å². The van der Waals surface area contributed by atoms with Crippen LogP contribution in [0.4, 0.5) is 5.82 Å². The number of para-hydroxylation sites is 1. The van der Waals surface area contributed by atoms with Crippen LogP contribution in [0, 0.1) is 11.8 Å². The average Bonchev–Trinajstić information content (AvgIpc) is 3.35. The summed E-state index contributed by atoms with van der Waals surface area (Å²) in [6.07, 6.45) is 0.788. The Morgan fingerprint density at radius 1 is 1.21 bits per heavy atom. The minimum atomic E-state index is -0.417. The van der Waals surface area contributed by atoms with Crippen LogP contribution >= 0.6 is 0 Å². The second kappa shape index (κ2) is 9.23. The highest BCUT2D eigenvalue weighted by Gasteiger charge is 2.35. The SMILES string of the molecule is CC(C)[C@@H]1Nc2nc(nc3ccccc23)CN2CCN(C(=O)C3CCOC3)CC2CNC1=O. The lowest BCUT2D eigenvalue weighted by Gasteiger charge is -2.42. The number of amides is 2. The Morgan fingerprint density at radius 3 is 2.85 bits per heavy atom. The van der Waals surface area contributed by atoms with Gasteiger partial charge in [-0.1, -0.05) is 26.0 Å². The molecule has 3 atom stereocenters. The summed E-state index contributed by atoms with van der Waals surface area (Å²) in [6, 6.07) is 7.47. The molecule has 176 valence electrons. The van der Waals surface area contributed by atoms with Gasteiger partial charge in [0.1, 0.15) is 17.7 Å². The van der Waals surface area contributed by atoms with Crippen LogP contribution in [0.15, 0.2) is 24.3 Å². The molecule has 3 aliphatic heterocycles. The number of aromatic nitrogens is 2. The molecule has 2 aromatic rings. The Bertz CT molecular complexity index is 1040. The van der Waals surface area contributed by atoms with E-state index in [1.165, 1.54) is 0 Å². The van der Waals surface area contributed by atoms with E-state index in [0.717, 1.165) is 23.1 Å². The van der Waals surface area contributed by atoms with Gasteiger partial charge in [0.05, 0.1) is 24.6 Å². The normalized spacial score (nSPS) is 26.5. The lowest BCUT2D eigenvalue weighted by atomic mass is 10.0. The number of nitrogens with one attached hydrogen (secondary N) is 2. The molecule has 5 rings (SSSR count). The summed E-state index contributed by atoms with van der Waals surface area (Å²) < 4.78 is 5.43. The average molecular weight is 453 g/mol. The van der Waals surface area contributed by atoms with Crippen LogP contribution in [-0.4, -0.2) is 83.1 Å². The van der Waals surface area contributed by atoms with Crippen molar-refractivity contribution in [1.82, 2.24) is 25.1 Å². The zero-order valence-electron chi connectivity index (χ0n) is 19.3. The topological polar surface area (TPSA) is 99.7 Å². The van der Waals surface area contributed by atoms with Crippen LogP contribution < -0.4 is 10.6 Å². The van der Waals surface area contributed by atoms with Gasteiger partial charge in [0.15, 0.2) is 0 Å². The smallest absolute Gasteiger partial charge is 0.242 e. The van der Waals surface area contributed by atoms with Gasteiger partial charge in [-0.15, -0.1) is 0 Å². The van der Waals surface area contributed by atoms with Gasteiger partial charge in [0.25, 0.3) is 0 Å². The predicted molar refractivity (Wildman–Crippen MR) is 125 cm³/mol. The van der Waals surface area contributed by atoms with Crippen LogP contribution in [0.3, 0.4) is 0 Å². The fourth-order valence-corrected chi connectivity index (χ4v) is 4.98. The molecule has 2 amide bonds. The monoisotopic (exact) mass is 452 g/mol. The maximum Gasteiger partial charge on any atom is 0.242 e. The first-order chi connectivity index (χ1) is 16.0. The molecule has 0 aliphatic carbocycles. The molecule has 2 bridgehead atoms. The number of ether oxygens (including phenoxy) is 1. The van der Waals surface area contributed by atoms with Crippen molar-refractivity contribution in [1.29, 1.82) is 0 Å². The van der Waals surface area contributed by atoms with E-state index in [4.69, 9.17) is 14.7 Å². The van der Waals surface area contributed by atoms with Crippen molar-refractivity contribution in [2.45, 2.75) is 38.9 Å². The van der Waals surface area contributed by atoms with E-state index in [1.807, 2.05) is 43.0 Å². The van der Waals surface area contributed by atoms with Gasteiger partial charge < -0.3 is 20.3 Å². The Morgan fingerprint density at radius 2 is 2.06 bits per heavy atom. The van der Waals surface area contributed by atoms with E-state index < -0.39 is 6.04 Å². The molecule has 3 aliphatic rings. The molecule has 9 nitrogen and oxygen atoms in total. The van der Waals surface area contributed by atoms with Crippen molar-refractivity contribution in [2.75, 3.05) is 44.7 Å². The van der Waals surface area contributed by atoms with Crippen molar-refractivity contribution >= 4 is 28.5 Å². The fraction of sp³-hybridized carbons (Fsp3) is 0.583. The van der Waals surface area contributed by atoms with Gasteiger partial charge in [0, 0.05) is 44.2 Å². The number of carbonyl (C=O) groups excluding carboxylic acids is 2. The molecule has 0 saturated carbocycles. The second-order valence-corrected chi connectivity index (χ2v) is 9.59. The Balaban J connectivity index is 1.45. The Kier molecular flexibility index (Phi) is 6.16. The van der Waals surface area contributed by atoms with Crippen molar-refractivity contribution in [3.05, 3.63) is 30.1 Å². The number of piperazine rings is 1. The highest BCUT2D eigenvalue weighted by molar-refractivity contribution is 5.92. The third-order valence-electron chi connectivity index (χ3n) is 6.94. The van der Waals surface area contributed by atoms with Gasteiger partial charge in [-0.25, -0.2) is 9.97 Å². The predicted octanol–water partition coefficient (Wildman–Crippen LogP) is 1.25. The maximum absolute atomic E-state index is 13.2. The zero-order valence-corrected chi connectivity index (χ0v) is 19.3. The first kappa shape index (κ1) is 22.0. The molecule has 0 radical (unpaired) electrons. The lowest BCUT2D eigenvalue weighted by Crippen LogP contribution is -2.59. The fourth-order valence-electron chi connectivity index (χ4n) is 4.98. The lowest BCUT2D eigenvalue weighted by molar-refractivity contribution is -0.138. The quantitative estimate of drug-likeness (QED) is 0.707. The summed E-state index contributed by atoms with van der Waals surface area (Å²) in [5.74, 6) is 1.56. The number of rotatable bonds is 2. The number of benzene rings is 1. The van der Waals surface area contributed by atoms with Crippen molar-refractivity contribution in [3.8, 4) is 0 Å². The van der Waals surface area contributed by atoms with E-state index in [1.54, 1.807) is 0 Å². The summed E-state index contributed by atoms with van der Waals surface area (Å²) in [5.41, 5.74) is 0.860. The molecule has 2 fully saturated rings. The summed E-state index contributed by atoms with van der Waals surface area (Å²) in [4.78, 5) is 40.1. The molecule has 2 N–H and O–H groups in total. The number of anilines is 1. The van der Waals surface area contributed by atoms with E-state index in [9.17, 15) is 9.59 Å². The molecule has 2 unspecified atom stereocenters. The van der Waals surface area contributed by atoms with Crippen LogP contribution in [0.25, 0.3) is 10.9 Å². The minimum Gasteiger partial charge on any atom is -0.381 e. The highest BCUT2D eigenvalue weighted by atomic mass is 16.5. The van der Waals surface area contributed by atoms with Crippen molar-refractivity contribution in [3.63, 3.8) is 0 Å². The van der Waals surface area contributed by atoms with E-state index in [2.05, 4.69) is 15.5 Å². The number of hydrogen-bond acceptors (Lipinski definition) is 7. The van der Waals surface area contributed by atoms with Crippen molar-refractivity contribution in [2.24, 2.45) is 11.8 Å². The first-order valence-electron chi connectivity index (χ1n) is 11.9. The molecule has 33 heavy (non-hydrogen) atoms. The first-order valence-corrected chi connectivity index (χ1v) is 11.9. The molecule has 0 spiro atoms. The van der Waals surface area contributed by atoms with Crippen LogP contribution in [-0.2, 0) is 20.9 Å². The molecule has 9 heteroatoms. The van der Waals surface area contributed by atoms with Crippen molar-refractivity contribution < 1.29 is 14.3 Å². The number of fused-ring (bicyclic) bond motifs is 5. The molecule has 1 aromatic carbocycles. The zero-order chi connectivity index (χ0) is 22.9. The van der Waals surface area contributed by atoms with E-state index in [-0.39, 0.29) is 29.7 Å².